The van der Waals surface area contributed by atoms with Gasteiger partial charge in [-0.15, -0.1) is 0 Å². The maximum atomic E-state index is 7.65. The number of para-hydroxylation sites is 5. The fourth-order valence-electron chi connectivity index (χ4n) is 14.2. The molecule has 1 unspecified atom stereocenters. The summed E-state index contributed by atoms with van der Waals surface area (Å²) in [4.78, 5) is 7.46. The van der Waals surface area contributed by atoms with Crippen molar-refractivity contribution in [1.82, 2.24) is 0 Å². The number of ether oxygens (including phenoxy) is 1. The molecule has 3 heterocycles. The van der Waals surface area contributed by atoms with E-state index < -0.39 is 5.41 Å². The summed E-state index contributed by atoms with van der Waals surface area (Å²) in [5, 5.41) is 4.41. The molecule has 5 nitrogen and oxygen atoms in total. The van der Waals surface area contributed by atoms with Crippen LogP contribution in [0.4, 0.5) is 51.2 Å². The van der Waals surface area contributed by atoms with Crippen LogP contribution < -0.4 is 19.4 Å². The lowest BCUT2D eigenvalue weighted by atomic mass is 9.64. The molecule has 5 heteroatoms. The second-order valence-corrected chi connectivity index (χ2v) is 28.2. The number of benzene rings is 11. The second kappa shape index (κ2) is 18.8. The van der Waals surface area contributed by atoms with Crippen LogP contribution >= 0.6 is 0 Å². The van der Waals surface area contributed by atoms with Crippen LogP contribution in [0.2, 0.25) is 0 Å². The third kappa shape index (κ3) is 8.03. The van der Waals surface area contributed by atoms with Gasteiger partial charge in [0, 0.05) is 39.1 Å². The Bertz CT molecular complexity index is 4580. The van der Waals surface area contributed by atoms with E-state index >= 15 is 0 Å². The van der Waals surface area contributed by atoms with E-state index in [1.54, 1.807) is 0 Å². The highest BCUT2D eigenvalue weighted by Gasteiger charge is 2.56. The van der Waals surface area contributed by atoms with E-state index in [2.05, 4.69) is 322 Å². The molecule has 1 aliphatic carbocycles. The van der Waals surface area contributed by atoms with Gasteiger partial charge < -0.3 is 23.9 Å². The molecule has 15 rings (SSSR count). The van der Waals surface area contributed by atoms with Gasteiger partial charge in [0.1, 0.15) is 11.2 Å². The van der Waals surface area contributed by atoms with Crippen LogP contribution in [0.3, 0.4) is 0 Å². The van der Waals surface area contributed by atoms with Crippen molar-refractivity contribution in [3.63, 3.8) is 0 Å². The van der Waals surface area contributed by atoms with E-state index in [9.17, 15) is 0 Å². The van der Waals surface area contributed by atoms with Gasteiger partial charge in [0.2, 0.25) is 0 Å². The van der Waals surface area contributed by atoms with Gasteiger partial charge in [-0.1, -0.05) is 217 Å². The minimum absolute atomic E-state index is 0.0281. The first kappa shape index (κ1) is 53.4. The van der Waals surface area contributed by atoms with Crippen molar-refractivity contribution in [1.29, 1.82) is 0 Å². The molecule has 0 radical (unpaired) electrons. The van der Waals surface area contributed by atoms with Crippen LogP contribution in [0.1, 0.15) is 128 Å². The van der Waals surface area contributed by atoms with E-state index in [4.69, 9.17) is 9.15 Å². The fraction of sp³-hybridized carbons (Fsp3) is 0.210. The average Bonchev–Trinajstić information content (AvgIpc) is 1.44. The largest absolute Gasteiger partial charge is 0.455 e. The van der Waals surface area contributed by atoms with E-state index in [-0.39, 0.29) is 21.7 Å². The van der Waals surface area contributed by atoms with Gasteiger partial charge in [0.05, 0.1) is 39.2 Å². The lowest BCUT2D eigenvalue weighted by Gasteiger charge is -2.47. The molecule has 0 N–H and O–H groups in total. The highest BCUT2D eigenvalue weighted by atomic mass is 16.5. The summed E-state index contributed by atoms with van der Waals surface area (Å²) in [6.45, 7) is 27.5. The van der Waals surface area contributed by atoms with Crippen LogP contribution in [-0.2, 0) is 27.1 Å². The lowest BCUT2D eigenvalue weighted by molar-refractivity contribution is 0.473. The molecule has 2 aliphatic heterocycles. The Kier molecular flexibility index (Phi) is 11.7. The van der Waals surface area contributed by atoms with E-state index in [1.165, 1.54) is 33.4 Å². The second-order valence-electron chi connectivity index (χ2n) is 28.2. The maximum absolute atomic E-state index is 7.65. The normalized spacial score (nSPS) is 15.1. The van der Waals surface area contributed by atoms with Gasteiger partial charge in [-0.05, 0) is 168 Å². The Morgan fingerprint density at radius 3 is 1.31 bits per heavy atom. The molecule has 424 valence electrons. The topological polar surface area (TPSA) is 32.1 Å². The lowest BCUT2D eigenvalue weighted by Crippen LogP contribution is -2.37. The molecule has 0 amide bonds. The number of hydrogen-bond donors (Lipinski definition) is 0. The van der Waals surface area contributed by atoms with Crippen molar-refractivity contribution in [2.24, 2.45) is 0 Å². The zero-order valence-corrected chi connectivity index (χ0v) is 51.5. The van der Waals surface area contributed by atoms with Crippen LogP contribution in [0.25, 0.3) is 43.8 Å². The van der Waals surface area contributed by atoms with Gasteiger partial charge in [-0.3, -0.25) is 0 Å². The van der Waals surface area contributed by atoms with Crippen molar-refractivity contribution in [3.05, 3.63) is 269 Å². The average molecular weight is 1120 g/mol. The summed E-state index contributed by atoms with van der Waals surface area (Å²) in [7, 11) is 0. The Hall–Kier alpha value is -9.32. The molecule has 0 bridgehead atoms. The first-order chi connectivity index (χ1) is 41.2. The fourth-order valence-corrected chi connectivity index (χ4v) is 14.2. The standard InChI is InChI=1S/C81H73N3O2/c1-77(2,3)50-32-40-54(41-33-50)82(55-42-34-51(35-43-55)78(4,5)6)67-48-63-72(59-23-14-13-22-58(59)67)74-64(81(63)61-25-16-17-27-65(61)84-66-28-18-20-30-70(66)85-71-31-21-26-62(81)75(71)84)49-68(73-60-24-15-19-29-69(60)86-76(73)74)83(56-44-36-52(37-45-56)79(7,8)9)57-46-38-53(39-47-57)80(10,11)12/h13-49H,1-12H3. The Balaban J connectivity index is 1.12. The summed E-state index contributed by atoms with van der Waals surface area (Å²) >= 11 is 0. The minimum Gasteiger partial charge on any atom is -0.455 e. The van der Waals surface area contributed by atoms with E-state index in [0.29, 0.717) is 0 Å². The summed E-state index contributed by atoms with van der Waals surface area (Å²) in [6, 6.07) is 84.3. The Morgan fingerprint density at radius 2 is 0.767 bits per heavy atom. The van der Waals surface area contributed by atoms with Gasteiger partial charge >= 0.3 is 0 Å². The Morgan fingerprint density at radius 1 is 0.349 bits per heavy atom. The van der Waals surface area contributed by atoms with E-state index in [0.717, 1.165) is 118 Å². The molecule has 1 spiro atoms. The van der Waals surface area contributed by atoms with Crippen molar-refractivity contribution in [3.8, 4) is 22.6 Å². The molecular formula is C81H73N3O2. The molecule has 0 saturated heterocycles. The zero-order chi connectivity index (χ0) is 59.4. The number of fused-ring (bicyclic) bond motifs is 17. The molecular weight excluding hydrogens is 1050 g/mol. The highest BCUT2D eigenvalue weighted by molar-refractivity contribution is 6.23. The molecule has 86 heavy (non-hydrogen) atoms. The monoisotopic (exact) mass is 1120 g/mol. The van der Waals surface area contributed by atoms with Crippen molar-refractivity contribution in [2.45, 2.75) is 110 Å². The summed E-state index contributed by atoms with van der Waals surface area (Å²) in [6.07, 6.45) is 0. The number of nitrogens with zero attached hydrogens (tertiary/aromatic N) is 3. The first-order valence-corrected chi connectivity index (χ1v) is 30.6. The molecule has 11 aromatic carbocycles. The van der Waals surface area contributed by atoms with Gasteiger partial charge in [0.25, 0.3) is 0 Å². The number of anilines is 9. The minimum atomic E-state index is -0.949. The molecule has 1 aromatic heterocycles. The highest BCUT2D eigenvalue weighted by Crippen LogP contribution is 2.70. The molecule has 0 saturated carbocycles. The zero-order valence-electron chi connectivity index (χ0n) is 51.5. The number of rotatable bonds is 6. The molecule has 12 aromatic rings. The molecule has 3 aliphatic rings. The summed E-state index contributed by atoms with van der Waals surface area (Å²) in [5.41, 5.74) is 22.2. The smallest absolute Gasteiger partial charge is 0.151 e. The summed E-state index contributed by atoms with van der Waals surface area (Å²) in [5.74, 6) is 1.64. The van der Waals surface area contributed by atoms with Gasteiger partial charge in [-0.2, -0.15) is 0 Å². The predicted molar refractivity (Wildman–Crippen MR) is 361 cm³/mol. The third-order valence-electron chi connectivity index (χ3n) is 18.7. The third-order valence-corrected chi connectivity index (χ3v) is 18.7. The predicted octanol–water partition coefficient (Wildman–Crippen LogP) is 23.1. The van der Waals surface area contributed by atoms with Crippen LogP contribution in [0, 0.1) is 0 Å². The van der Waals surface area contributed by atoms with Crippen LogP contribution in [0.5, 0.6) is 11.5 Å². The summed E-state index contributed by atoms with van der Waals surface area (Å²) < 4.78 is 14.8. The van der Waals surface area contributed by atoms with Gasteiger partial charge in [0.15, 0.2) is 11.5 Å². The van der Waals surface area contributed by atoms with Crippen molar-refractivity contribution in [2.75, 3.05) is 14.7 Å². The Labute approximate surface area is 506 Å². The first-order valence-electron chi connectivity index (χ1n) is 30.6. The van der Waals surface area contributed by atoms with Crippen LogP contribution in [-0.4, -0.2) is 0 Å². The van der Waals surface area contributed by atoms with Crippen LogP contribution in [0.15, 0.2) is 229 Å². The number of hydrogen-bond acceptors (Lipinski definition) is 5. The van der Waals surface area contributed by atoms with Gasteiger partial charge in [-0.25, -0.2) is 0 Å². The maximum Gasteiger partial charge on any atom is 0.151 e. The quantitative estimate of drug-likeness (QED) is 0.166. The van der Waals surface area contributed by atoms with Crippen molar-refractivity contribution < 1.29 is 9.15 Å². The molecule has 1 atom stereocenters. The van der Waals surface area contributed by atoms with E-state index in [1.807, 2.05) is 0 Å². The molecule has 0 fully saturated rings. The number of furan rings is 1. The van der Waals surface area contributed by atoms with Crippen molar-refractivity contribution >= 4 is 83.9 Å². The SMILES string of the molecule is CC(C)(C)c1ccc(N(c2ccc(C(C)(C)C)cc2)c2cc3c(c4ccccc24)-c2c(cc(N(c4ccc(C(C)(C)C)cc4)c4ccc(C(C)(C)C)cc4)c4c2oc2ccccc24)C32c3ccccc3N3c4ccccc4Oc4cccc2c43)cc1.